The first-order valence-corrected chi connectivity index (χ1v) is 12.2. The van der Waals surface area contributed by atoms with Gasteiger partial charge < -0.3 is 16.0 Å². The van der Waals surface area contributed by atoms with E-state index in [9.17, 15) is 9.59 Å². The third-order valence-electron chi connectivity index (χ3n) is 6.54. The number of halogens is 2. The van der Waals surface area contributed by atoms with Crippen molar-refractivity contribution in [1.82, 2.24) is 19.9 Å². The summed E-state index contributed by atoms with van der Waals surface area (Å²) in [5.74, 6) is -1.17. The lowest BCUT2D eigenvalue weighted by Crippen LogP contribution is -2.19. The molecule has 1 fully saturated rings. The number of hydrogen-bond acceptors (Lipinski definition) is 7. The van der Waals surface area contributed by atoms with Crippen molar-refractivity contribution in [2.75, 3.05) is 11.1 Å². The molecular formula is C25H23Cl2N7O3. The van der Waals surface area contributed by atoms with Crippen LogP contribution < -0.4 is 16.8 Å². The highest BCUT2D eigenvalue weighted by atomic mass is 35.5. The third-order valence-corrected chi connectivity index (χ3v) is 7.09. The van der Waals surface area contributed by atoms with Crippen LogP contribution in [0.5, 0.6) is 0 Å². The van der Waals surface area contributed by atoms with Crippen molar-refractivity contribution in [1.29, 1.82) is 0 Å². The van der Waals surface area contributed by atoms with Gasteiger partial charge in [0.05, 0.1) is 22.2 Å². The van der Waals surface area contributed by atoms with E-state index >= 15 is 0 Å². The summed E-state index contributed by atoms with van der Waals surface area (Å²) in [6.07, 6.45) is 3.38. The number of aromatic nitrogens is 4. The van der Waals surface area contributed by atoms with Gasteiger partial charge in [0.15, 0.2) is 0 Å². The highest BCUT2D eigenvalue weighted by Crippen LogP contribution is 2.45. The number of nitrogens with two attached hydrogens (primary N) is 2. The summed E-state index contributed by atoms with van der Waals surface area (Å²) in [6.45, 7) is 3.75. The van der Waals surface area contributed by atoms with Crippen LogP contribution in [0, 0.1) is 0 Å². The molecule has 0 bridgehead atoms. The molecule has 1 aliphatic carbocycles. The Kier molecular flexibility index (Phi) is 6.17. The van der Waals surface area contributed by atoms with E-state index in [1.54, 1.807) is 54.2 Å². The average Bonchev–Trinajstić information content (AvgIpc) is 3.26. The van der Waals surface area contributed by atoms with Crippen LogP contribution in [-0.2, 0) is 10.3 Å². The Labute approximate surface area is 221 Å². The van der Waals surface area contributed by atoms with Crippen LogP contribution >= 0.6 is 23.2 Å². The van der Waals surface area contributed by atoms with Gasteiger partial charge in [-0.2, -0.15) is 5.10 Å². The van der Waals surface area contributed by atoms with Crippen molar-refractivity contribution in [2.24, 2.45) is 5.73 Å². The summed E-state index contributed by atoms with van der Waals surface area (Å²) in [5, 5.41) is 12.1. The van der Waals surface area contributed by atoms with Crippen LogP contribution in [-0.4, -0.2) is 31.7 Å². The molecule has 0 saturated heterocycles. The predicted octanol–water partition coefficient (Wildman–Crippen LogP) is 4.84. The van der Waals surface area contributed by atoms with Crippen LogP contribution in [0.1, 0.15) is 48.5 Å². The molecule has 3 aromatic heterocycles. The molecule has 1 saturated carbocycles. The van der Waals surface area contributed by atoms with Gasteiger partial charge in [0, 0.05) is 22.8 Å². The number of nitrogen functional groups attached to an aromatic ring is 1. The van der Waals surface area contributed by atoms with Crippen LogP contribution in [0.4, 0.5) is 11.7 Å². The second-order valence-electron chi connectivity index (χ2n) is 9.27. The molecule has 1 aliphatic rings. The second kappa shape index (κ2) is 9.20. The maximum Gasteiger partial charge on any atom is 0.254 e. The SMILES string of the molecule is CC(C(=O)Nc1cc(-c2ccc(Cl)cc2Cl)no1)c1ccc(-c2nn(C3(C)CC3)c(N)c2C(N)=O)nc1. The first kappa shape index (κ1) is 24.8. The van der Waals surface area contributed by atoms with Crippen molar-refractivity contribution in [3.05, 3.63) is 63.8 Å². The fourth-order valence-corrected chi connectivity index (χ4v) is 4.50. The van der Waals surface area contributed by atoms with E-state index in [2.05, 4.69) is 20.6 Å². The lowest BCUT2D eigenvalue weighted by atomic mass is 10.0. The van der Waals surface area contributed by atoms with E-state index in [0.717, 1.165) is 12.8 Å². The van der Waals surface area contributed by atoms with Crippen LogP contribution in [0.2, 0.25) is 10.0 Å². The topological polar surface area (TPSA) is 155 Å². The maximum atomic E-state index is 12.9. The first-order chi connectivity index (χ1) is 17.6. The highest BCUT2D eigenvalue weighted by molar-refractivity contribution is 6.36. The minimum atomic E-state index is -0.673. The second-order valence-corrected chi connectivity index (χ2v) is 10.1. The normalized spacial score (nSPS) is 14.8. The minimum absolute atomic E-state index is 0.140. The zero-order valence-corrected chi connectivity index (χ0v) is 21.5. The molecule has 4 aromatic rings. The molecule has 2 amide bonds. The molecule has 5 N–H and O–H groups in total. The van der Waals surface area contributed by atoms with Gasteiger partial charge in [0.1, 0.15) is 22.8 Å². The van der Waals surface area contributed by atoms with Crippen LogP contribution in [0.15, 0.2) is 47.1 Å². The van der Waals surface area contributed by atoms with E-state index in [4.69, 9.17) is 39.2 Å². The number of anilines is 2. The largest absolute Gasteiger partial charge is 0.383 e. The van der Waals surface area contributed by atoms with Gasteiger partial charge in [-0.25, -0.2) is 4.68 Å². The first-order valence-electron chi connectivity index (χ1n) is 11.5. The number of nitrogens with zero attached hydrogens (tertiary/aromatic N) is 4. The van der Waals surface area contributed by atoms with E-state index in [1.165, 1.54) is 0 Å². The Morgan fingerprint density at radius 2 is 1.92 bits per heavy atom. The summed E-state index contributed by atoms with van der Waals surface area (Å²) in [4.78, 5) is 29.4. The molecule has 0 radical (unpaired) electrons. The molecule has 10 nitrogen and oxygen atoms in total. The third kappa shape index (κ3) is 4.65. The smallest absolute Gasteiger partial charge is 0.254 e. The molecule has 0 aliphatic heterocycles. The molecule has 0 spiro atoms. The molecule has 1 aromatic carbocycles. The lowest BCUT2D eigenvalue weighted by molar-refractivity contribution is -0.117. The van der Waals surface area contributed by atoms with Gasteiger partial charge in [-0.15, -0.1) is 0 Å². The van der Waals surface area contributed by atoms with E-state index in [-0.39, 0.29) is 28.7 Å². The van der Waals surface area contributed by atoms with Crippen LogP contribution in [0.25, 0.3) is 22.6 Å². The molecule has 5 rings (SSSR count). The summed E-state index contributed by atoms with van der Waals surface area (Å²) < 4.78 is 6.91. The number of amides is 2. The monoisotopic (exact) mass is 539 g/mol. The standard InChI is InChI=1S/C25H23Cl2N7O3/c1-12(24(36)31-19-10-18(33-37-19)15-5-4-14(26)9-16(15)27)13-3-6-17(30-11-13)21-20(23(29)35)22(28)34(32-21)25(2)7-8-25/h3-6,9-12H,7-8,28H2,1-2H3,(H2,29,35)(H,31,36). The van der Waals surface area contributed by atoms with E-state index in [0.29, 0.717) is 38.3 Å². The van der Waals surface area contributed by atoms with E-state index in [1.807, 2.05) is 6.92 Å². The lowest BCUT2D eigenvalue weighted by Gasteiger charge is -2.11. The van der Waals surface area contributed by atoms with Crippen molar-refractivity contribution < 1.29 is 14.1 Å². The van der Waals surface area contributed by atoms with Crippen molar-refractivity contribution >= 4 is 46.7 Å². The van der Waals surface area contributed by atoms with Crippen molar-refractivity contribution in [2.45, 2.75) is 38.1 Å². The number of benzene rings is 1. The fraction of sp³-hybridized carbons (Fsp3) is 0.240. The maximum absolute atomic E-state index is 12.9. The Bertz CT molecular complexity index is 1520. The van der Waals surface area contributed by atoms with Crippen molar-refractivity contribution in [3.63, 3.8) is 0 Å². The predicted molar refractivity (Wildman–Crippen MR) is 140 cm³/mol. The highest BCUT2D eigenvalue weighted by Gasteiger charge is 2.43. The Balaban J connectivity index is 1.33. The molecule has 12 heteroatoms. The number of carbonyl (C=O) groups is 2. The quantitative estimate of drug-likeness (QED) is 0.303. The summed E-state index contributed by atoms with van der Waals surface area (Å²) in [6, 6.07) is 10.0. The molecule has 1 atom stereocenters. The molecule has 1 unspecified atom stereocenters. The van der Waals surface area contributed by atoms with Gasteiger partial charge in [-0.05, 0) is 56.5 Å². The van der Waals surface area contributed by atoms with Gasteiger partial charge >= 0.3 is 0 Å². The minimum Gasteiger partial charge on any atom is -0.383 e. The number of hydrogen-bond donors (Lipinski definition) is 3. The van der Waals surface area contributed by atoms with E-state index < -0.39 is 11.8 Å². The van der Waals surface area contributed by atoms with Gasteiger partial charge in [0.2, 0.25) is 11.8 Å². The molecule has 37 heavy (non-hydrogen) atoms. The molecular weight excluding hydrogens is 517 g/mol. The fourth-order valence-electron chi connectivity index (χ4n) is 4.00. The zero-order valence-electron chi connectivity index (χ0n) is 20.0. The molecule has 3 heterocycles. The number of nitrogens with one attached hydrogen (secondary N) is 1. The van der Waals surface area contributed by atoms with Gasteiger partial charge in [0.25, 0.3) is 5.91 Å². The Morgan fingerprint density at radius 3 is 2.54 bits per heavy atom. The zero-order chi connectivity index (χ0) is 26.5. The number of rotatable bonds is 7. The van der Waals surface area contributed by atoms with Crippen LogP contribution in [0.3, 0.4) is 0 Å². The average molecular weight is 540 g/mol. The number of primary amides is 1. The number of pyridine rings is 1. The Hall–Kier alpha value is -3.89. The summed E-state index contributed by atoms with van der Waals surface area (Å²) >= 11 is 12.2. The number of carbonyl (C=O) groups excluding carboxylic acids is 2. The van der Waals surface area contributed by atoms with Crippen molar-refractivity contribution in [3.8, 4) is 22.6 Å². The molecule has 190 valence electrons. The Morgan fingerprint density at radius 1 is 1.16 bits per heavy atom. The van der Waals surface area contributed by atoms with Gasteiger partial charge in [-0.1, -0.05) is 34.4 Å². The summed E-state index contributed by atoms with van der Waals surface area (Å²) in [7, 11) is 0. The summed E-state index contributed by atoms with van der Waals surface area (Å²) in [5.41, 5.74) is 14.2. The van der Waals surface area contributed by atoms with Gasteiger partial charge in [-0.3, -0.25) is 19.9 Å².